The maximum atomic E-state index is 13.2. The minimum atomic E-state index is -3.79. The van der Waals surface area contributed by atoms with Crippen LogP contribution < -0.4 is 0 Å². The Morgan fingerprint density at radius 2 is 1.19 bits per heavy atom. The molecule has 3 aromatic rings. The summed E-state index contributed by atoms with van der Waals surface area (Å²) in [6, 6.07) is 23.3. The number of benzene rings is 3. The monoisotopic (exact) mass is 380 g/mol. The summed E-state index contributed by atoms with van der Waals surface area (Å²) in [5, 5.41) is 10.8. The number of nitro groups is 1. The molecule has 0 N–H and O–H groups in total. The summed E-state index contributed by atoms with van der Waals surface area (Å²) in [5.41, 5.74) is 1.69. The molecule has 1 aliphatic rings. The molecule has 1 aliphatic heterocycles. The van der Waals surface area contributed by atoms with Crippen LogP contribution in [0.3, 0.4) is 0 Å². The fourth-order valence-corrected chi connectivity index (χ4v) is 5.07. The molecule has 1 fully saturated rings. The van der Waals surface area contributed by atoms with Crippen LogP contribution in [0, 0.1) is 10.1 Å². The van der Waals surface area contributed by atoms with Crippen molar-refractivity contribution in [2.75, 3.05) is 0 Å². The number of hydrogen-bond acceptors (Lipinski definition) is 4. The molecule has 6 nitrogen and oxygen atoms in total. The first-order valence-electron chi connectivity index (χ1n) is 8.38. The lowest BCUT2D eigenvalue weighted by Crippen LogP contribution is -2.13. The third-order valence-corrected chi connectivity index (χ3v) is 6.54. The summed E-state index contributed by atoms with van der Waals surface area (Å²) < 4.78 is 27.9. The highest BCUT2D eigenvalue weighted by Crippen LogP contribution is 2.57. The Morgan fingerprint density at radius 3 is 1.59 bits per heavy atom. The number of non-ortho nitro benzene ring substituents is 1. The van der Waals surface area contributed by atoms with Crippen LogP contribution in [0.2, 0.25) is 0 Å². The second-order valence-corrected chi connectivity index (χ2v) is 8.14. The molecule has 27 heavy (non-hydrogen) atoms. The summed E-state index contributed by atoms with van der Waals surface area (Å²) in [6.45, 7) is 0. The van der Waals surface area contributed by atoms with Crippen LogP contribution in [0.15, 0.2) is 89.8 Å². The fraction of sp³-hybridized carbons (Fsp3) is 0.100. The van der Waals surface area contributed by atoms with Gasteiger partial charge < -0.3 is 0 Å². The molecule has 0 aliphatic carbocycles. The molecule has 3 aromatic carbocycles. The van der Waals surface area contributed by atoms with Crippen molar-refractivity contribution in [3.05, 3.63) is 106 Å². The van der Waals surface area contributed by atoms with Crippen molar-refractivity contribution in [2.45, 2.75) is 17.0 Å². The van der Waals surface area contributed by atoms with Gasteiger partial charge in [-0.15, -0.1) is 0 Å². The molecular weight excluding hydrogens is 364 g/mol. The SMILES string of the molecule is O=[N+]([O-])c1ccc(S(=O)(=O)N2[C@H](c3ccccc3)[C@@H]2c2ccccc2)cc1. The van der Waals surface area contributed by atoms with Crippen molar-refractivity contribution in [1.29, 1.82) is 0 Å². The van der Waals surface area contributed by atoms with E-state index >= 15 is 0 Å². The predicted octanol–water partition coefficient (Wildman–Crippen LogP) is 4.08. The Bertz CT molecular complexity index is 1020. The number of hydrogen-bond donors (Lipinski definition) is 0. The van der Waals surface area contributed by atoms with E-state index in [1.807, 2.05) is 60.7 Å². The van der Waals surface area contributed by atoms with E-state index in [0.29, 0.717) is 0 Å². The zero-order valence-corrected chi connectivity index (χ0v) is 15.0. The van der Waals surface area contributed by atoms with E-state index in [2.05, 4.69) is 0 Å². The van der Waals surface area contributed by atoms with E-state index in [1.165, 1.54) is 28.6 Å². The zero-order chi connectivity index (χ0) is 19.0. The van der Waals surface area contributed by atoms with Gasteiger partial charge in [0.05, 0.1) is 21.9 Å². The highest BCUT2D eigenvalue weighted by atomic mass is 32.2. The molecule has 1 unspecified atom stereocenters. The number of nitro benzene ring substituents is 1. The lowest BCUT2D eigenvalue weighted by molar-refractivity contribution is -0.384. The third kappa shape index (κ3) is 3.11. The molecule has 3 atom stereocenters. The molecule has 0 spiro atoms. The summed E-state index contributed by atoms with van der Waals surface area (Å²) in [4.78, 5) is 10.3. The van der Waals surface area contributed by atoms with Gasteiger partial charge in [0, 0.05) is 12.1 Å². The van der Waals surface area contributed by atoms with E-state index in [-0.39, 0.29) is 22.7 Å². The first-order chi connectivity index (χ1) is 13.0. The average Bonchev–Trinajstić information content (AvgIpc) is 3.46. The molecular formula is C20H16N2O4S. The second-order valence-electron chi connectivity index (χ2n) is 6.30. The molecule has 4 rings (SSSR count). The Balaban J connectivity index is 1.74. The van der Waals surface area contributed by atoms with Crippen LogP contribution in [-0.4, -0.2) is 17.6 Å². The lowest BCUT2D eigenvalue weighted by Gasteiger charge is -2.07. The van der Waals surface area contributed by atoms with Gasteiger partial charge >= 0.3 is 0 Å². The number of nitrogens with zero attached hydrogens (tertiary/aromatic N) is 2. The highest BCUT2D eigenvalue weighted by Gasteiger charge is 2.56. The molecule has 1 heterocycles. The zero-order valence-electron chi connectivity index (χ0n) is 14.2. The van der Waals surface area contributed by atoms with Gasteiger partial charge in [0.2, 0.25) is 10.0 Å². The summed E-state index contributed by atoms with van der Waals surface area (Å²) in [6.07, 6.45) is 0. The Hall–Kier alpha value is -3.03. The van der Waals surface area contributed by atoms with Gasteiger partial charge in [0.1, 0.15) is 0 Å². The molecule has 136 valence electrons. The first kappa shape index (κ1) is 17.4. The van der Waals surface area contributed by atoms with Gasteiger partial charge in [-0.05, 0) is 23.3 Å². The van der Waals surface area contributed by atoms with E-state index < -0.39 is 14.9 Å². The average molecular weight is 380 g/mol. The van der Waals surface area contributed by atoms with E-state index in [0.717, 1.165) is 11.1 Å². The molecule has 0 amide bonds. The molecule has 7 heteroatoms. The van der Waals surface area contributed by atoms with Gasteiger partial charge in [0.25, 0.3) is 5.69 Å². The number of sulfonamides is 1. The fourth-order valence-electron chi connectivity index (χ4n) is 3.33. The smallest absolute Gasteiger partial charge is 0.258 e. The van der Waals surface area contributed by atoms with Crippen LogP contribution in [-0.2, 0) is 10.0 Å². The molecule has 1 saturated heterocycles. The van der Waals surface area contributed by atoms with Crippen LogP contribution in [0.25, 0.3) is 0 Å². The minimum Gasteiger partial charge on any atom is -0.258 e. The van der Waals surface area contributed by atoms with Gasteiger partial charge in [-0.2, -0.15) is 4.31 Å². The van der Waals surface area contributed by atoms with Crippen molar-refractivity contribution in [3.8, 4) is 0 Å². The Kier molecular flexibility index (Phi) is 4.25. The van der Waals surface area contributed by atoms with Crippen molar-refractivity contribution >= 4 is 15.7 Å². The van der Waals surface area contributed by atoms with Crippen LogP contribution in [0.5, 0.6) is 0 Å². The third-order valence-electron chi connectivity index (χ3n) is 4.66. The van der Waals surface area contributed by atoms with Crippen molar-refractivity contribution in [2.24, 2.45) is 0 Å². The van der Waals surface area contributed by atoms with Crippen molar-refractivity contribution in [3.63, 3.8) is 0 Å². The molecule has 0 aromatic heterocycles. The van der Waals surface area contributed by atoms with Crippen LogP contribution >= 0.6 is 0 Å². The minimum absolute atomic E-state index is 0.0486. The summed E-state index contributed by atoms with van der Waals surface area (Å²) in [7, 11) is -3.79. The van der Waals surface area contributed by atoms with Gasteiger partial charge in [-0.25, -0.2) is 8.42 Å². The maximum absolute atomic E-state index is 13.2. The van der Waals surface area contributed by atoms with Gasteiger partial charge in [-0.3, -0.25) is 10.1 Å². The quantitative estimate of drug-likeness (QED) is 0.379. The highest BCUT2D eigenvalue weighted by molar-refractivity contribution is 7.89. The van der Waals surface area contributed by atoms with Gasteiger partial charge in [-0.1, -0.05) is 60.7 Å². The molecule has 0 radical (unpaired) electrons. The van der Waals surface area contributed by atoms with Crippen molar-refractivity contribution in [1.82, 2.24) is 4.31 Å². The molecule has 0 saturated carbocycles. The first-order valence-corrected chi connectivity index (χ1v) is 9.82. The summed E-state index contributed by atoms with van der Waals surface area (Å²) in [5.74, 6) is 0. The Labute approximate surface area is 156 Å². The summed E-state index contributed by atoms with van der Waals surface area (Å²) >= 11 is 0. The largest absolute Gasteiger partial charge is 0.269 e. The second kappa shape index (κ2) is 6.61. The van der Waals surface area contributed by atoms with E-state index in [9.17, 15) is 18.5 Å². The van der Waals surface area contributed by atoms with Crippen molar-refractivity contribution < 1.29 is 13.3 Å². The Morgan fingerprint density at radius 1 is 0.741 bits per heavy atom. The van der Waals surface area contributed by atoms with E-state index in [1.54, 1.807) is 0 Å². The predicted molar refractivity (Wildman–Crippen MR) is 100 cm³/mol. The number of rotatable bonds is 5. The van der Waals surface area contributed by atoms with Gasteiger partial charge in [0.15, 0.2) is 0 Å². The van der Waals surface area contributed by atoms with Crippen LogP contribution in [0.1, 0.15) is 23.2 Å². The topological polar surface area (TPSA) is 80.3 Å². The standard InChI is InChI=1S/C20H16N2O4S/c23-22(24)17-11-13-18(14-12-17)27(25,26)21-19(15-7-3-1-4-8-15)20(21)16-9-5-2-6-10-16/h1-14,19-20H/t19-,20+,21?. The maximum Gasteiger partial charge on any atom is 0.269 e. The molecule has 0 bridgehead atoms. The van der Waals surface area contributed by atoms with E-state index in [4.69, 9.17) is 0 Å². The van der Waals surface area contributed by atoms with Crippen LogP contribution in [0.4, 0.5) is 5.69 Å². The normalized spacial score (nSPS) is 21.6. The lowest BCUT2D eigenvalue weighted by atomic mass is 10.0.